The predicted molar refractivity (Wildman–Crippen MR) is 68.7 cm³/mol. The van der Waals surface area contributed by atoms with Crippen molar-refractivity contribution in [3.05, 3.63) is 30.1 Å². The smallest absolute Gasteiger partial charge is 0.109 e. The van der Waals surface area contributed by atoms with E-state index in [9.17, 15) is 5.11 Å². The molecule has 17 heavy (non-hydrogen) atoms. The average molecular weight is 234 g/mol. The van der Waals surface area contributed by atoms with Crippen molar-refractivity contribution in [2.24, 2.45) is 0 Å². The van der Waals surface area contributed by atoms with Crippen LogP contribution in [0.1, 0.15) is 43.9 Å². The highest BCUT2D eigenvalue weighted by Crippen LogP contribution is 2.23. The molecular formula is C14H22N2O. The zero-order valence-corrected chi connectivity index (χ0v) is 10.5. The molecule has 1 heterocycles. The zero-order chi connectivity index (χ0) is 12.1. The molecule has 1 aromatic rings. The van der Waals surface area contributed by atoms with Crippen molar-refractivity contribution in [2.45, 2.75) is 44.2 Å². The molecule has 94 valence electrons. The van der Waals surface area contributed by atoms with Gasteiger partial charge in [0.25, 0.3) is 0 Å². The molecule has 0 aliphatic heterocycles. The number of pyridine rings is 1. The van der Waals surface area contributed by atoms with E-state index in [0.29, 0.717) is 12.6 Å². The second-order valence-electron chi connectivity index (χ2n) is 5.00. The highest BCUT2D eigenvalue weighted by atomic mass is 16.3. The van der Waals surface area contributed by atoms with Gasteiger partial charge in [-0.2, -0.15) is 0 Å². The first-order chi connectivity index (χ1) is 8.27. The predicted octanol–water partition coefficient (Wildman–Crippen LogP) is 2.38. The average Bonchev–Trinajstić information content (AvgIpc) is 2.40. The molecule has 1 aliphatic rings. The highest BCUT2D eigenvalue weighted by molar-refractivity contribution is 5.07. The minimum atomic E-state index is -0.469. The Morgan fingerprint density at radius 1 is 1.35 bits per heavy atom. The van der Waals surface area contributed by atoms with E-state index in [1.807, 2.05) is 18.2 Å². The van der Waals surface area contributed by atoms with Crippen LogP contribution in [0.3, 0.4) is 0 Å². The molecule has 1 atom stereocenters. The van der Waals surface area contributed by atoms with Crippen LogP contribution in [0, 0.1) is 0 Å². The van der Waals surface area contributed by atoms with Gasteiger partial charge in [0.1, 0.15) is 6.10 Å². The number of likely N-dealkylation sites (N-methyl/N-ethyl adjacent to an activating group) is 1. The second kappa shape index (κ2) is 6.12. The topological polar surface area (TPSA) is 36.4 Å². The minimum Gasteiger partial charge on any atom is -0.385 e. The quantitative estimate of drug-likeness (QED) is 0.869. The van der Waals surface area contributed by atoms with Crippen molar-refractivity contribution >= 4 is 0 Å². The number of hydrogen-bond donors (Lipinski definition) is 1. The number of hydrogen-bond acceptors (Lipinski definition) is 3. The summed E-state index contributed by atoms with van der Waals surface area (Å²) in [7, 11) is 2.11. The van der Waals surface area contributed by atoms with Gasteiger partial charge in [-0.25, -0.2) is 0 Å². The summed E-state index contributed by atoms with van der Waals surface area (Å²) < 4.78 is 0. The van der Waals surface area contributed by atoms with Crippen LogP contribution < -0.4 is 0 Å². The van der Waals surface area contributed by atoms with E-state index in [-0.39, 0.29) is 0 Å². The molecule has 0 aromatic carbocycles. The van der Waals surface area contributed by atoms with Crippen LogP contribution in [0.25, 0.3) is 0 Å². The van der Waals surface area contributed by atoms with E-state index in [0.717, 1.165) is 5.69 Å². The van der Waals surface area contributed by atoms with Crippen molar-refractivity contribution in [3.63, 3.8) is 0 Å². The molecule has 2 rings (SSSR count). The molecule has 3 nitrogen and oxygen atoms in total. The molecule has 0 saturated heterocycles. The third kappa shape index (κ3) is 3.51. The van der Waals surface area contributed by atoms with Crippen molar-refractivity contribution in [1.82, 2.24) is 9.88 Å². The lowest BCUT2D eigenvalue weighted by molar-refractivity contribution is 0.0888. The Labute approximate surface area is 103 Å². The van der Waals surface area contributed by atoms with Crippen molar-refractivity contribution < 1.29 is 5.11 Å². The first-order valence-corrected chi connectivity index (χ1v) is 6.56. The van der Waals surface area contributed by atoms with Gasteiger partial charge in [0.15, 0.2) is 0 Å². The van der Waals surface area contributed by atoms with Gasteiger partial charge in [-0.15, -0.1) is 0 Å². The maximum absolute atomic E-state index is 10.1. The normalized spacial score (nSPS) is 19.5. The van der Waals surface area contributed by atoms with Crippen LogP contribution in [0.4, 0.5) is 0 Å². The Morgan fingerprint density at radius 2 is 2.12 bits per heavy atom. The summed E-state index contributed by atoms with van der Waals surface area (Å²) in [5, 5.41) is 10.1. The fourth-order valence-corrected chi connectivity index (χ4v) is 2.61. The van der Waals surface area contributed by atoms with Gasteiger partial charge in [0, 0.05) is 18.8 Å². The molecule has 0 spiro atoms. The van der Waals surface area contributed by atoms with Gasteiger partial charge in [-0.3, -0.25) is 4.98 Å². The summed E-state index contributed by atoms with van der Waals surface area (Å²) in [6.07, 6.45) is 7.83. The van der Waals surface area contributed by atoms with Gasteiger partial charge in [-0.1, -0.05) is 25.3 Å². The molecule has 1 fully saturated rings. The first-order valence-electron chi connectivity index (χ1n) is 6.56. The Hall–Kier alpha value is -0.930. The van der Waals surface area contributed by atoms with Crippen LogP contribution in [-0.4, -0.2) is 34.6 Å². The second-order valence-corrected chi connectivity index (χ2v) is 5.00. The molecule has 1 aliphatic carbocycles. The van der Waals surface area contributed by atoms with Gasteiger partial charge in [0.05, 0.1) is 5.69 Å². The summed E-state index contributed by atoms with van der Waals surface area (Å²) in [5.41, 5.74) is 0.773. The lowest BCUT2D eigenvalue weighted by Crippen LogP contribution is -2.36. The number of aromatic nitrogens is 1. The number of nitrogens with zero attached hydrogens (tertiary/aromatic N) is 2. The fourth-order valence-electron chi connectivity index (χ4n) is 2.61. The summed E-state index contributed by atoms with van der Waals surface area (Å²) in [5.74, 6) is 0. The molecule has 0 bridgehead atoms. The van der Waals surface area contributed by atoms with Crippen LogP contribution in [0.15, 0.2) is 24.4 Å². The summed E-state index contributed by atoms with van der Waals surface area (Å²) >= 11 is 0. The summed E-state index contributed by atoms with van der Waals surface area (Å²) in [4.78, 5) is 6.49. The third-order valence-electron chi connectivity index (χ3n) is 3.69. The SMILES string of the molecule is CN(CC(O)c1ccccn1)C1CCCCC1. The maximum Gasteiger partial charge on any atom is 0.109 e. The highest BCUT2D eigenvalue weighted by Gasteiger charge is 2.20. The lowest BCUT2D eigenvalue weighted by Gasteiger charge is -2.32. The minimum absolute atomic E-state index is 0.469. The largest absolute Gasteiger partial charge is 0.385 e. The van der Waals surface area contributed by atoms with Gasteiger partial charge < -0.3 is 10.0 Å². The Balaban J connectivity index is 1.87. The van der Waals surface area contributed by atoms with Crippen LogP contribution in [0.2, 0.25) is 0 Å². The Morgan fingerprint density at radius 3 is 2.76 bits per heavy atom. The molecule has 3 heteroatoms. The molecule has 0 radical (unpaired) electrons. The van der Waals surface area contributed by atoms with E-state index in [1.54, 1.807) is 6.20 Å². The Bertz CT molecular complexity index is 322. The monoisotopic (exact) mass is 234 g/mol. The molecule has 0 amide bonds. The molecule has 1 aromatic heterocycles. The molecule has 1 N–H and O–H groups in total. The van der Waals surface area contributed by atoms with Crippen molar-refractivity contribution in [1.29, 1.82) is 0 Å². The van der Waals surface area contributed by atoms with E-state index < -0.39 is 6.10 Å². The molecule has 1 unspecified atom stereocenters. The maximum atomic E-state index is 10.1. The van der Waals surface area contributed by atoms with Crippen LogP contribution in [-0.2, 0) is 0 Å². The fraction of sp³-hybridized carbons (Fsp3) is 0.643. The van der Waals surface area contributed by atoms with Gasteiger partial charge in [0.2, 0.25) is 0 Å². The summed E-state index contributed by atoms with van der Waals surface area (Å²) in [6.45, 7) is 0.682. The van der Waals surface area contributed by atoms with E-state index in [1.165, 1.54) is 32.1 Å². The molecular weight excluding hydrogens is 212 g/mol. The Kier molecular flexibility index (Phi) is 4.51. The van der Waals surface area contributed by atoms with Crippen molar-refractivity contribution in [2.75, 3.05) is 13.6 Å². The number of aliphatic hydroxyl groups excluding tert-OH is 1. The van der Waals surface area contributed by atoms with Crippen molar-refractivity contribution in [3.8, 4) is 0 Å². The lowest BCUT2D eigenvalue weighted by atomic mass is 9.94. The summed E-state index contributed by atoms with van der Waals surface area (Å²) in [6, 6.07) is 6.33. The number of aliphatic hydroxyl groups is 1. The van der Waals surface area contributed by atoms with E-state index in [2.05, 4.69) is 16.9 Å². The van der Waals surface area contributed by atoms with Crippen LogP contribution >= 0.6 is 0 Å². The molecule has 1 saturated carbocycles. The van der Waals surface area contributed by atoms with Gasteiger partial charge >= 0.3 is 0 Å². The van der Waals surface area contributed by atoms with E-state index in [4.69, 9.17) is 0 Å². The van der Waals surface area contributed by atoms with Gasteiger partial charge in [-0.05, 0) is 32.0 Å². The first kappa shape index (κ1) is 12.5. The third-order valence-corrected chi connectivity index (χ3v) is 3.69. The van der Waals surface area contributed by atoms with E-state index >= 15 is 0 Å². The standard InChI is InChI=1S/C14H22N2O/c1-16(12-7-3-2-4-8-12)11-14(17)13-9-5-6-10-15-13/h5-6,9-10,12,14,17H,2-4,7-8,11H2,1H3. The number of rotatable bonds is 4. The van der Waals surface area contributed by atoms with Crippen LogP contribution in [0.5, 0.6) is 0 Å². The zero-order valence-electron chi connectivity index (χ0n) is 10.5.